The van der Waals surface area contributed by atoms with E-state index in [1.807, 2.05) is 49.9 Å². The van der Waals surface area contributed by atoms with Crippen LogP contribution in [0.1, 0.15) is 36.9 Å². The summed E-state index contributed by atoms with van der Waals surface area (Å²) in [5.74, 6) is 0.147. The van der Waals surface area contributed by atoms with Gasteiger partial charge in [0.25, 0.3) is 5.91 Å². The molecule has 0 unspecified atom stereocenters. The number of amides is 2. The molecule has 6 heteroatoms. The predicted molar refractivity (Wildman–Crippen MR) is 107 cm³/mol. The minimum atomic E-state index is -0.216. The SMILES string of the molecule is CC(C)(C)NC(=O)CN1CCCN(C(=O)c2cc3ccccc3s2)CC1. The van der Waals surface area contributed by atoms with Gasteiger partial charge in [-0.15, -0.1) is 11.3 Å². The van der Waals surface area contributed by atoms with Gasteiger partial charge in [0, 0.05) is 36.4 Å². The van der Waals surface area contributed by atoms with E-state index in [4.69, 9.17) is 0 Å². The third-order valence-electron chi connectivity index (χ3n) is 4.39. The van der Waals surface area contributed by atoms with Crippen molar-refractivity contribution >= 4 is 33.2 Å². The number of rotatable bonds is 3. The van der Waals surface area contributed by atoms with Gasteiger partial charge in [0.05, 0.1) is 11.4 Å². The monoisotopic (exact) mass is 373 g/mol. The lowest BCUT2D eigenvalue weighted by Gasteiger charge is -2.25. The molecule has 1 saturated heterocycles. The van der Waals surface area contributed by atoms with E-state index in [0.29, 0.717) is 13.1 Å². The van der Waals surface area contributed by atoms with Crippen LogP contribution in [0.4, 0.5) is 0 Å². The van der Waals surface area contributed by atoms with E-state index in [9.17, 15) is 9.59 Å². The number of nitrogens with one attached hydrogen (secondary N) is 1. The maximum atomic E-state index is 12.9. The molecule has 0 spiro atoms. The Hall–Kier alpha value is -1.92. The summed E-state index contributed by atoms with van der Waals surface area (Å²) in [6, 6.07) is 10.1. The standard InChI is InChI=1S/C20H27N3O2S/c1-20(2,3)21-18(24)14-22-9-6-10-23(12-11-22)19(25)17-13-15-7-4-5-8-16(15)26-17/h4-5,7-8,13H,6,9-12,14H2,1-3H3,(H,21,24). The minimum absolute atomic E-state index is 0.0433. The van der Waals surface area contributed by atoms with Gasteiger partial charge in [-0.1, -0.05) is 18.2 Å². The average Bonchev–Trinajstić information content (AvgIpc) is 2.86. The lowest BCUT2D eigenvalue weighted by Crippen LogP contribution is -2.46. The second-order valence-corrected chi connectivity index (χ2v) is 8.95. The molecule has 0 bridgehead atoms. The summed E-state index contributed by atoms with van der Waals surface area (Å²) >= 11 is 1.55. The number of benzene rings is 1. The first-order valence-corrected chi connectivity index (χ1v) is 9.95. The summed E-state index contributed by atoms with van der Waals surface area (Å²) in [6.07, 6.45) is 0.888. The van der Waals surface area contributed by atoms with Crippen molar-refractivity contribution in [2.24, 2.45) is 0 Å². The van der Waals surface area contributed by atoms with Crippen LogP contribution >= 0.6 is 11.3 Å². The highest BCUT2D eigenvalue weighted by atomic mass is 32.1. The molecule has 1 aliphatic heterocycles. The molecule has 26 heavy (non-hydrogen) atoms. The van der Waals surface area contributed by atoms with Crippen LogP contribution in [0.2, 0.25) is 0 Å². The second kappa shape index (κ2) is 7.76. The van der Waals surface area contributed by atoms with Gasteiger partial charge >= 0.3 is 0 Å². The van der Waals surface area contributed by atoms with Crippen LogP contribution in [-0.4, -0.2) is 59.9 Å². The van der Waals surface area contributed by atoms with Crippen molar-refractivity contribution in [2.75, 3.05) is 32.7 Å². The van der Waals surface area contributed by atoms with Crippen molar-refractivity contribution in [3.05, 3.63) is 35.2 Å². The number of carbonyl (C=O) groups is 2. The number of nitrogens with zero attached hydrogens (tertiary/aromatic N) is 2. The highest BCUT2D eigenvalue weighted by molar-refractivity contribution is 7.20. The number of carbonyl (C=O) groups excluding carboxylic acids is 2. The molecule has 5 nitrogen and oxygen atoms in total. The molecule has 0 atom stereocenters. The zero-order valence-electron chi connectivity index (χ0n) is 15.7. The molecule has 2 aromatic rings. The Balaban J connectivity index is 1.59. The van der Waals surface area contributed by atoms with E-state index >= 15 is 0 Å². The van der Waals surface area contributed by atoms with Crippen molar-refractivity contribution in [1.29, 1.82) is 0 Å². The Morgan fingerprint density at radius 3 is 2.62 bits per heavy atom. The smallest absolute Gasteiger partial charge is 0.264 e. The Bertz CT molecular complexity index is 761. The van der Waals surface area contributed by atoms with Gasteiger partial charge in [0.1, 0.15) is 0 Å². The zero-order valence-corrected chi connectivity index (χ0v) is 16.6. The number of thiophene rings is 1. The van der Waals surface area contributed by atoms with Crippen LogP contribution in [0, 0.1) is 0 Å². The third kappa shape index (κ3) is 4.83. The normalized spacial score (nSPS) is 16.5. The number of hydrogen-bond donors (Lipinski definition) is 1. The third-order valence-corrected chi connectivity index (χ3v) is 5.50. The molecule has 1 aromatic heterocycles. The Labute approximate surface area is 159 Å². The zero-order chi connectivity index (χ0) is 18.7. The molecule has 0 saturated carbocycles. The van der Waals surface area contributed by atoms with Crippen molar-refractivity contribution < 1.29 is 9.59 Å². The molecule has 0 radical (unpaired) electrons. The average molecular weight is 374 g/mol. The molecular weight excluding hydrogens is 346 g/mol. The summed E-state index contributed by atoms with van der Waals surface area (Å²) in [6.45, 7) is 9.32. The maximum absolute atomic E-state index is 12.9. The van der Waals surface area contributed by atoms with Gasteiger partial charge in [0.15, 0.2) is 0 Å². The van der Waals surface area contributed by atoms with Crippen LogP contribution in [0.3, 0.4) is 0 Å². The summed E-state index contributed by atoms with van der Waals surface area (Å²) in [5.41, 5.74) is -0.216. The molecule has 1 aliphatic rings. The van der Waals surface area contributed by atoms with E-state index in [1.54, 1.807) is 11.3 Å². The van der Waals surface area contributed by atoms with Crippen LogP contribution in [0.25, 0.3) is 10.1 Å². The fraction of sp³-hybridized carbons (Fsp3) is 0.500. The molecule has 2 amide bonds. The van der Waals surface area contributed by atoms with Gasteiger partial charge in [-0.3, -0.25) is 14.5 Å². The Morgan fingerprint density at radius 2 is 1.88 bits per heavy atom. The van der Waals surface area contributed by atoms with E-state index in [2.05, 4.69) is 16.3 Å². The Morgan fingerprint density at radius 1 is 1.12 bits per heavy atom. The molecule has 3 rings (SSSR count). The van der Waals surface area contributed by atoms with Crippen molar-refractivity contribution in [3.8, 4) is 0 Å². The predicted octanol–water partition coefficient (Wildman–Crippen LogP) is 2.96. The van der Waals surface area contributed by atoms with E-state index < -0.39 is 0 Å². The largest absolute Gasteiger partial charge is 0.350 e. The quantitative estimate of drug-likeness (QED) is 0.900. The van der Waals surface area contributed by atoms with Gasteiger partial charge < -0.3 is 10.2 Å². The molecule has 2 heterocycles. The molecule has 1 aromatic carbocycles. The minimum Gasteiger partial charge on any atom is -0.350 e. The van der Waals surface area contributed by atoms with Crippen LogP contribution in [-0.2, 0) is 4.79 Å². The molecular formula is C20H27N3O2S. The van der Waals surface area contributed by atoms with Crippen molar-refractivity contribution in [2.45, 2.75) is 32.7 Å². The summed E-state index contributed by atoms with van der Waals surface area (Å²) in [5, 5.41) is 4.12. The lowest BCUT2D eigenvalue weighted by molar-refractivity contribution is -0.123. The molecule has 140 valence electrons. The van der Waals surface area contributed by atoms with Crippen LogP contribution in [0.5, 0.6) is 0 Å². The summed E-state index contributed by atoms with van der Waals surface area (Å²) < 4.78 is 1.14. The van der Waals surface area contributed by atoms with E-state index in [1.165, 1.54) is 0 Å². The van der Waals surface area contributed by atoms with Crippen LogP contribution in [0.15, 0.2) is 30.3 Å². The maximum Gasteiger partial charge on any atom is 0.264 e. The lowest BCUT2D eigenvalue weighted by atomic mass is 10.1. The molecule has 1 N–H and O–H groups in total. The second-order valence-electron chi connectivity index (χ2n) is 7.87. The molecule has 1 fully saturated rings. The van der Waals surface area contributed by atoms with Gasteiger partial charge in [-0.2, -0.15) is 0 Å². The summed E-state index contributed by atoms with van der Waals surface area (Å²) in [7, 11) is 0. The molecule has 0 aliphatic carbocycles. The fourth-order valence-corrected chi connectivity index (χ4v) is 4.27. The fourth-order valence-electron chi connectivity index (χ4n) is 3.24. The van der Waals surface area contributed by atoms with Crippen molar-refractivity contribution in [3.63, 3.8) is 0 Å². The van der Waals surface area contributed by atoms with Crippen molar-refractivity contribution in [1.82, 2.24) is 15.1 Å². The number of fused-ring (bicyclic) bond motifs is 1. The first kappa shape index (κ1) is 18.9. The first-order chi connectivity index (χ1) is 12.3. The summed E-state index contributed by atoms with van der Waals surface area (Å²) in [4.78, 5) is 29.9. The van der Waals surface area contributed by atoms with Gasteiger partial charge in [0.2, 0.25) is 5.91 Å². The van der Waals surface area contributed by atoms with E-state index in [-0.39, 0.29) is 17.4 Å². The highest BCUT2D eigenvalue weighted by Crippen LogP contribution is 2.26. The highest BCUT2D eigenvalue weighted by Gasteiger charge is 2.23. The first-order valence-electron chi connectivity index (χ1n) is 9.13. The Kier molecular flexibility index (Phi) is 5.63. The topological polar surface area (TPSA) is 52.7 Å². The van der Waals surface area contributed by atoms with Gasteiger partial charge in [-0.05, 0) is 44.7 Å². The van der Waals surface area contributed by atoms with E-state index in [0.717, 1.165) is 41.0 Å². The van der Waals surface area contributed by atoms with Crippen LogP contribution < -0.4 is 5.32 Å². The van der Waals surface area contributed by atoms with Gasteiger partial charge in [-0.25, -0.2) is 0 Å². The number of hydrogen-bond acceptors (Lipinski definition) is 4.